The molecule has 2 aromatic rings. The zero-order valence-corrected chi connectivity index (χ0v) is 15.9. The lowest BCUT2D eigenvalue weighted by molar-refractivity contribution is -0.0942. The van der Waals surface area contributed by atoms with Gasteiger partial charge in [-0.05, 0) is 36.3 Å². The molecule has 1 aliphatic carbocycles. The second kappa shape index (κ2) is 7.28. The Morgan fingerprint density at radius 3 is 2.54 bits per heavy atom. The maximum absolute atomic E-state index is 6.41. The first kappa shape index (κ1) is 17.4. The monoisotopic (exact) mass is 348 g/mol. The van der Waals surface area contributed by atoms with Crippen molar-refractivity contribution in [2.24, 2.45) is 23.7 Å². The Hall–Kier alpha value is -2.06. The van der Waals surface area contributed by atoms with Crippen LogP contribution in [0.4, 0.5) is 0 Å². The summed E-state index contributed by atoms with van der Waals surface area (Å²) in [4.78, 5) is 0. The third kappa shape index (κ3) is 3.19. The minimum Gasteiger partial charge on any atom is -0.489 e. The second-order valence-electron chi connectivity index (χ2n) is 7.88. The molecule has 4 rings (SSSR count). The van der Waals surface area contributed by atoms with Crippen molar-refractivity contribution in [1.29, 1.82) is 0 Å². The molecule has 1 aliphatic heterocycles. The van der Waals surface area contributed by atoms with E-state index in [0.29, 0.717) is 30.3 Å². The van der Waals surface area contributed by atoms with Crippen molar-refractivity contribution >= 4 is 0 Å². The van der Waals surface area contributed by atoms with Gasteiger partial charge in [-0.3, -0.25) is 0 Å². The van der Waals surface area contributed by atoms with E-state index in [0.717, 1.165) is 12.4 Å². The Balaban J connectivity index is 1.61. The molecule has 26 heavy (non-hydrogen) atoms. The lowest BCUT2D eigenvalue weighted by atomic mass is 9.64. The Morgan fingerprint density at radius 2 is 1.73 bits per heavy atom. The summed E-state index contributed by atoms with van der Waals surface area (Å²) >= 11 is 0. The molecule has 0 unspecified atom stereocenters. The Morgan fingerprint density at radius 1 is 1.00 bits per heavy atom. The van der Waals surface area contributed by atoms with Crippen molar-refractivity contribution in [3.8, 4) is 5.75 Å². The molecule has 0 spiro atoms. The zero-order valence-electron chi connectivity index (χ0n) is 15.9. The number of para-hydroxylation sites is 1. The highest BCUT2D eigenvalue weighted by Gasteiger charge is 2.44. The zero-order chi connectivity index (χ0) is 18.1. The molecule has 2 bridgehead atoms. The van der Waals surface area contributed by atoms with Crippen LogP contribution in [0.2, 0.25) is 0 Å². The van der Waals surface area contributed by atoms with E-state index < -0.39 is 0 Å². The van der Waals surface area contributed by atoms with Gasteiger partial charge in [0.25, 0.3) is 0 Å². The number of hydrogen-bond donors (Lipinski definition) is 0. The van der Waals surface area contributed by atoms with E-state index in [1.165, 1.54) is 16.7 Å². The van der Waals surface area contributed by atoms with Crippen molar-refractivity contribution in [3.05, 3.63) is 77.4 Å². The van der Waals surface area contributed by atoms with E-state index in [1.807, 2.05) is 24.3 Å². The molecule has 1 heterocycles. The third-order valence-corrected chi connectivity index (χ3v) is 6.23. The second-order valence-corrected chi connectivity index (χ2v) is 7.88. The minimum absolute atomic E-state index is 0.0805. The normalized spacial score (nSPS) is 30.6. The van der Waals surface area contributed by atoms with Gasteiger partial charge in [0, 0.05) is 11.5 Å². The average molecular weight is 348 g/mol. The van der Waals surface area contributed by atoms with Crippen LogP contribution in [0.25, 0.3) is 0 Å². The maximum atomic E-state index is 6.41. The minimum atomic E-state index is 0.0805. The van der Waals surface area contributed by atoms with Crippen LogP contribution in [0, 0.1) is 23.7 Å². The first-order valence-corrected chi connectivity index (χ1v) is 9.70. The molecule has 0 N–H and O–H groups in total. The third-order valence-electron chi connectivity index (χ3n) is 6.23. The summed E-state index contributed by atoms with van der Waals surface area (Å²) in [6.07, 6.45) is 2.54. The molecule has 136 valence electrons. The summed E-state index contributed by atoms with van der Waals surface area (Å²) in [5.74, 6) is 3.24. The van der Waals surface area contributed by atoms with E-state index in [-0.39, 0.29) is 6.10 Å². The predicted octanol–water partition coefficient (Wildman–Crippen LogP) is 5.80. The highest BCUT2D eigenvalue weighted by Crippen LogP contribution is 2.51. The Kier molecular flexibility index (Phi) is 4.86. The Labute approximate surface area is 156 Å². The van der Waals surface area contributed by atoms with Crippen LogP contribution in [0.3, 0.4) is 0 Å². The summed E-state index contributed by atoms with van der Waals surface area (Å²) in [6, 6.07) is 18.7. The molecule has 2 aromatic carbocycles. The highest BCUT2D eigenvalue weighted by atomic mass is 16.5. The van der Waals surface area contributed by atoms with Gasteiger partial charge in [-0.15, -0.1) is 0 Å². The lowest BCUT2D eigenvalue weighted by Crippen LogP contribution is -2.42. The molecule has 0 radical (unpaired) electrons. The predicted molar refractivity (Wildman–Crippen MR) is 105 cm³/mol. The number of hydrogen-bond acceptors (Lipinski definition) is 2. The van der Waals surface area contributed by atoms with Crippen molar-refractivity contribution in [2.75, 3.05) is 6.61 Å². The molecule has 1 saturated heterocycles. The number of ether oxygens (including phenoxy) is 2. The molecule has 5 atom stereocenters. The SMILES string of the molecule is CC1=C[C@@H](C)[C@H]2CO[C@H](c3ccccc3OCc3ccccc3)[C@@H]1[C@@H]2C. The van der Waals surface area contributed by atoms with Gasteiger partial charge in [0.05, 0.1) is 12.7 Å². The van der Waals surface area contributed by atoms with Crippen LogP contribution >= 0.6 is 0 Å². The quantitative estimate of drug-likeness (QED) is 0.650. The fourth-order valence-electron chi connectivity index (χ4n) is 4.81. The van der Waals surface area contributed by atoms with Gasteiger partial charge in [0.15, 0.2) is 0 Å². The Bertz CT molecular complexity index is 780. The summed E-state index contributed by atoms with van der Waals surface area (Å²) in [5.41, 5.74) is 3.83. The van der Waals surface area contributed by atoms with E-state index >= 15 is 0 Å². The van der Waals surface area contributed by atoms with Crippen molar-refractivity contribution in [1.82, 2.24) is 0 Å². The standard InChI is InChI=1S/C24H28O2/c1-16-13-17(2)23-18(3)21(16)15-26-24(23)20-11-7-8-12-22(20)25-14-19-9-5-4-6-10-19/h4-13,16,18,21,23-24H,14-15H2,1-3H3/t16-,18-,21-,23+,24-/m1/s1. The van der Waals surface area contributed by atoms with Crippen LogP contribution in [-0.4, -0.2) is 6.61 Å². The molecule has 2 nitrogen and oxygen atoms in total. The number of allylic oxidation sites excluding steroid dienone is 1. The van der Waals surface area contributed by atoms with Crippen LogP contribution in [0.1, 0.15) is 38.0 Å². The van der Waals surface area contributed by atoms with E-state index in [4.69, 9.17) is 9.47 Å². The highest BCUT2D eigenvalue weighted by molar-refractivity contribution is 5.38. The first-order chi connectivity index (χ1) is 12.6. The van der Waals surface area contributed by atoms with E-state index in [9.17, 15) is 0 Å². The average Bonchev–Trinajstić information content (AvgIpc) is 2.65. The van der Waals surface area contributed by atoms with Gasteiger partial charge in [-0.25, -0.2) is 0 Å². The van der Waals surface area contributed by atoms with Crippen LogP contribution in [-0.2, 0) is 11.3 Å². The molecule has 2 heteroatoms. The number of rotatable bonds is 4. The van der Waals surface area contributed by atoms with Gasteiger partial charge in [-0.2, -0.15) is 0 Å². The van der Waals surface area contributed by atoms with Crippen molar-refractivity contribution in [2.45, 2.75) is 33.5 Å². The summed E-state index contributed by atoms with van der Waals surface area (Å²) < 4.78 is 12.6. The van der Waals surface area contributed by atoms with Crippen LogP contribution < -0.4 is 4.74 Å². The summed E-state index contributed by atoms with van der Waals surface area (Å²) in [6.45, 7) is 8.40. The van der Waals surface area contributed by atoms with E-state index in [1.54, 1.807) is 0 Å². The maximum Gasteiger partial charge on any atom is 0.125 e. The smallest absolute Gasteiger partial charge is 0.125 e. The summed E-state index contributed by atoms with van der Waals surface area (Å²) in [5, 5.41) is 0. The van der Waals surface area contributed by atoms with Gasteiger partial charge in [0.2, 0.25) is 0 Å². The molecule has 0 amide bonds. The molecule has 0 aromatic heterocycles. The van der Waals surface area contributed by atoms with Crippen LogP contribution in [0.5, 0.6) is 5.75 Å². The molecule has 1 fully saturated rings. The fourth-order valence-corrected chi connectivity index (χ4v) is 4.81. The van der Waals surface area contributed by atoms with Crippen LogP contribution in [0.15, 0.2) is 66.2 Å². The van der Waals surface area contributed by atoms with Crippen molar-refractivity contribution < 1.29 is 9.47 Å². The summed E-state index contributed by atoms with van der Waals surface area (Å²) in [7, 11) is 0. The van der Waals surface area contributed by atoms with E-state index in [2.05, 4.69) is 57.2 Å². The van der Waals surface area contributed by atoms with Gasteiger partial charge < -0.3 is 9.47 Å². The van der Waals surface area contributed by atoms with Gasteiger partial charge in [-0.1, -0.05) is 74.0 Å². The fraction of sp³-hybridized carbons (Fsp3) is 0.417. The first-order valence-electron chi connectivity index (χ1n) is 9.70. The largest absolute Gasteiger partial charge is 0.489 e. The molecule has 0 saturated carbocycles. The topological polar surface area (TPSA) is 18.5 Å². The molecule has 2 aliphatic rings. The number of benzene rings is 2. The molecular weight excluding hydrogens is 320 g/mol. The lowest BCUT2D eigenvalue weighted by Gasteiger charge is -2.47. The van der Waals surface area contributed by atoms with Crippen molar-refractivity contribution in [3.63, 3.8) is 0 Å². The number of fused-ring (bicyclic) bond motifs is 2. The van der Waals surface area contributed by atoms with Gasteiger partial charge >= 0.3 is 0 Å². The van der Waals surface area contributed by atoms with Gasteiger partial charge in [0.1, 0.15) is 12.4 Å². The molecular formula is C24H28O2.